The normalized spacial score (nSPS) is 13.5. The molecule has 216 valence electrons. The van der Waals surface area contributed by atoms with Gasteiger partial charge in [0.25, 0.3) is 0 Å². The molecule has 1 heterocycles. The third kappa shape index (κ3) is 6.77. The molecule has 0 atom stereocenters. The van der Waals surface area contributed by atoms with Gasteiger partial charge in [-0.05, 0) is 0 Å². The Balaban J connectivity index is 3.71. The second kappa shape index (κ2) is 12.0. The molecule has 0 aliphatic heterocycles. The molecule has 1 N–H and O–H groups in total. The fraction of sp³-hybridized carbons (Fsp3) is 0.786. The first-order chi connectivity index (χ1) is 16.8. The molecule has 0 saturated heterocycles. The van der Waals surface area contributed by atoms with E-state index < -0.39 is 54.6 Å². The predicted octanol–water partition coefficient (Wildman–Crippen LogP) is 0.317. The number of hydrogen-bond acceptors (Lipinski definition) is 14. The molecule has 1 aromatic heterocycles. The van der Waals surface area contributed by atoms with Crippen molar-refractivity contribution in [1.29, 1.82) is 0 Å². The molecule has 1 rings (SSSR count). The number of nitrogens with zero attached hydrogens (tertiary/aromatic N) is 5. The molecule has 0 amide bonds. The van der Waals surface area contributed by atoms with Gasteiger partial charge in [-0.15, -0.1) is 0 Å². The van der Waals surface area contributed by atoms with E-state index in [-0.39, 0.29) is 26.9 Å². The quantitative estimate of drug-likeness (QED) is 0.119. The zero-order valence-electron chi connectivity index (χ0n) is 19.3. The lowest BCUT2D eigenvalue weighted by atomic mass is 10.3. The van der Waals surface area contributed by atoms with Crippen molar-refractivity contribution >= 4 is 32.1 Å². The first-order valence-corrected chi connectivity index (χ1v) is 12.0. The van der Waals surface area contributed by atoms with Gasteiger partial charge in [-0.25, -0.2) is 0 Å². The van der Waals surface area contributed by atoms with E-state index in [1.165, 1.54) is 28.4 Å². The van der Waals surface area contributed by atoms with E-state index in [2.05, 4.69) is 19.1 Å². The Morgan fingerprint density at radius 2 is 1.05 bits per heavy atom. The maximum absolute atomic E-state index is 14.2. The van der Waals surface area contributed by atoms with Crippen LogP contribution in [-0.2, 0) is 39.2 Å². The standard InChI is InChI=1S/C14H21F6N5O10S2/c1-31-5-24(6-32-2)9-21-10(25(7-33-3)8-34-4)23-11(22-9)35-37(29,30)14(19,20)12(15,16)13(17,18)36(26,27)28/h5-8H2,1-4H3,(H,26,27,28). The average molecular weight is 597 g/mol. The van der Waals surface area contributed by atoms with Crippen LogP contribution >= 0.6 is 0 Å². The smallest absolute Gasteiger partial charge is 0.364 e. The number of hydrogen-bond donors (Lipinski definition) is 1. The summed E-state index contributed by atoms with van der Waals surface area (Å²) in [5, 5.41) is -13.9. The second-order valence-electron chi connectivity index (χ2n) is 6.59. The molecule has 0 bridgehead atoms. The Hall–Kier alpha value is -2.31. The summed E-state index contributed by atoms with van der Waals surface area (Å²) in [4.78, 5) is 12.6. The number of ether oxygens (including phenoxy) is 4. The number of alkyl halides is 6. The minimum absolute atomic E-state index is 0.382. The number of aromatic nitrogens is 3. The molecule has 1 aromatic rings. The van der Waals surface area contributed by atoms with Crippen molar-refractivity contribution in [1.82, 2.24) is 15.0 Å². The Bertz CT molecular complexity index is 1080. The first-order valence-electron chi connectivity index (χ1n) is 9.10. The van der Waals surface area contributed by atoms with Crippen molar-refractivity contribution in [3.8, 4) is 6.01 Å². The average Bonchev–Trinajstić information content (AvgIpc) is 2.77. The maximum atomic E-state index is 14.2. The summed E-state index contributed by atoms with van der Waals surface area (Å²) in [6, 6.07) is -1.65. The first kappa shape index (κ1) is 32.7. The molecule has 0 unspecified atom stereocenters. The molecular formula is C14H21F6N5O10S2. The molecule has 0 aliphatic rings. The van der Waals surface area contributed by atoms with Crippen LogP contribution in [0.5, 0.6) is 6.01 Å². The van der Waals surface area contributed by atoms with Gasteiger partial charge in [-0.2, -0.15) is 58.1 Å². The predicted molar refractivity (Wildman–Crippen MR) is 108 cm³/mol. The highest BCUT2D eigenvalue weighted by Crippen LogP contribution is 2.50. The van der Waals surface area contributed by atoms with E-state index in [1.54, 1.807) is 0 Å². The topological polar surface area (TPSA) is 180 Å². The molecule has 0 saturated carbocycles. The van der Waals surface area contributed by atoms with E-state index >= 15 is 0 Å². The zero-order chi connectivity index (χ0) is 28.9. The van der Waals surface area contributed by atoms with E-state index in [4.69, 9.17) is 23.5 Å². The summed E-state index contributed by atoms with van der Waals surface area (Å²) in [5.74, 6) is -8.47. The largest absolute Gasteiger partial charge is 0.450 e. The summed E-state index contributed by atoms with van der Waals surface area (Å²) in [7, 11) is -9.68. The Kier molecular flexibility index (Phi) is 10.6. The fourth-order valence-electron chi connectivity index (χ4n) is 2.22. The van der Waals surface area contributed by atoms with Crippen LogP contribution in [0.25, 0.3) is 0 Å². The summed E-state index contributed by atoms with van der Waals surface area (Å²) < 4.78 is 160. The van der Waals surface area contributed by atoms with E-state index in [1.807, 2.05) is 0 Å². The molecule has 0 aromatic carbocycles. The molecule has 23 heteroatoms. The lowest BCUT2D eigenvalue weighted by Crippen LogP contribution is -2.61. The zero-order valence-corrected chi connectivity index (χ0v) is 20.9. The van der Waals surface area contributed by atoms with Gasteiger partial charge < -0.3 is 23.1 Å². The van der Waals surface area contributed by atoms with Gasteiger partial charge in [0.05, 0.1) is 0 Å². The van der Waals surface area contributed by atoms with E-state index in [9.17, 15) is 43.2 Å². The third-order valence-corrected chi connectivity index (χ3v) is 6.01. The van der Waals surface area contributed by atoms with Gasteiger partial charge in [0.1, 0.15) is 26.9 Å². The van der Waals surface area contributed by atoms with Crippen LogP contribution in [0.15, 0.2) is 0 Å². The monoisotopic (exact) mass is 597 g/mol. The molecule has 0 radical (unpaired) electrons. The summed E-state index contributed by atoms with van der Waals surface area (Å²) in [6.07, 6.45) is 0. The molecule has 37 heavy (non-hydrogen) atoms. The van der Waals surface area contributed by atoms with Crippen LogP contribution in [0.1, 0.15) is 0 Å². The van der Waals surface area contributed by atoms with Crippen molar-refractivity contribution < 1.29 is 70.9 Å². The van der Waals surface area contributed by atoms with E-state index in [0.717, 1.165) is 9.80 Å². The Morgan fingerprint density at radius 1 is 0.703 bits per heavy atom. The van der Waals surface area contributed by atoms with Crippen molar-refractivity contribution in [2.45, 2.75) is 16.4 Å². The number of anilines is 2. The van der Waals surface area contributed by atoms with Crippen LogP contribution < -0.4 is 14.0 Å². The van der Waals surface area contributed by atoms with Crippen LogP contribution in [0.3, 0.4) is 0 Å². The van der Waals surface area contributed by atoms with Gasteiger partial charge in [0.2, 0.25) is 11.9 Å². The molecule has 0 aliphatic carbocycles. The van der Waals surface area contributed by atoms with Crippen molar-refractivity contribution in [3.05, 3.63) is 0 Å². The summed E-state index contributed by atoms with van der Waals surface area (Å²) >= 11 is 0. The van der Waals surface area contributed by atoms with Gasteiger partial charge in [-0.3, -0.25) is 14.4 Å². The van der Waals surface area contributed by atoms with Crippen molar-refractivity contribution in [2.24, 2.45) is 0 Å². The number of rotatable bonds is 16. The Labute approximate surface area is 206 Å². The third-order valence-electron chi connectivity index (χ3n) is 3.85. The minimum atomic E-state index is -7.23. The van der Waals surface area contributed by atoms with Gasteiger partial charge in [-0.1, -0.05) is 0 Å². The van der Waals surface area contributed by atoms with Crippen molar-refractivity contribution in [2.75, 3.05) is 65.2 Å². The fourth-order valence-corrected chi connectivity index (χ4v) is 3.56. The number of methoxy groups -OCH3 is 4. The van der Waals surface area contributed by atoms with Gasteiger partial charge in [0.15, 0.2) is 0 Å². The minimum Gasteiger partial charge on any atom is -0.364 e. The molecular weight excluding hydrogens is 576 g/mol. The second-order valence-corrected chi connectivity index (χ2v) is 9.64. The van der Waals surface area contributed by atoms with Crippen LogP contribution in [0.4, 0.5) is 38.2 Å². The highest BCUT2D eigenvalue weighted by Gasteiger charge is 2.83. The highest BCUT2D eigenvalue weighted by atomic mass is 32.2. The van der Waals surface area contributed by atoms with Crippen molar-refractivity contribution in [3.63, 3.8) is 0 Å². The number of halogens is 6. The lowest BCUT2D eigenvalue weighted by molar-refractivity contribution is -0.247. The highest BCUT2D eigenvalue weighted by molar-refractivity contribution is 7.88. The lowest BCUT2D eigenvalue weighted by Gasteiger charge is -2.29. The summed E-state index contributed by atoms with van der Waals surface area (Å²) in [5.41, 5.74) is 0. The maximum Gasteiger partial charge on any atom is 0.450 e. The Morgan fingerprint density at radius 3 is 1.35 bits per heavy atom. The SMILES string of the molecule is COCN(COC)c1nc(OS(=O)(=O)C(F)(F)C(F)(F)C(F)(F)S(=O)(=O)O)nc(N(COC)COC)n1. The van der Waals surface area contributed by atoms with Crippen LogP contribution in [-0.4, -0.2) is 108 Å². The summed E-state index contributed by atoms with van der Waals surface area (Å²) in [6.45, 7) is -1.53. The van der Waals surface area contributed by atoms with Crippen LogP contribution in [0, 0.1) is 0 Å². The van der Waals surface area contributed by atoms with Gasteiger partial charge >= 0.3 is 42.7 Å². The van der Waals surface area contributed by atoms with E-state index in [0.29, 0.717) is 0 Å². The van der Waals surface area contributed by atoms with Crippen LogP contribution in [0.2, 0.25) is 0 Å². The molecule has 0 fully saturated rings. The molecule has 0 spiro atoms. The molecule has 15 nitrogen and oxygen atoms in total. The van der Waals surface area contributed by atoms with Gasteiger partial charge in [0, 0.05) is 28.4 Å².